The minimum atomic E-state index is -0.148. The Balaban J connectivity index is 2.35. The van der Waals surface area contributed by atoms with Crippen molar-refractivity contribution in [3.63, 3.8) is 0 Å². The molecule has 1 unspecified atom stereocenters. The molecule has 1 atom stereocenters. The highest BCUT2D eigenvalue weighted by Crippen LogP contribution is 1.99. The van der Waals surface area contributed by atoms with Crippen LogP contribution in [0.4, 0.5) is 0 Å². The van der Waals surface area contributed by atoms with E-state index in [9.17, 15) is 4.79 Å². The van der Waals surface area contributed by atoms with Gasteiger partial charge in [0.15, 0.2) is 0 Å². The Morgan fingerprint density at radius 2 is 2.62 bits per heavy atom. The van der Waals surface area contributed by atoms with E-state index >= 15 is 0 Å². The third-order valence-corrected chi connectivity index (χ3v) is 2.30. The van der Waals surface area contributed by atoms with E-state index in [1.54, 1.807) is 10.9 Å². The molecule has 0 spiro atoms. The highest BCUT2D eigenvalue weighted by atomic mass is 32.1. The Morgan fingerprint density at radius 1 is 1.85 bits per heavy atom. The summed E-state index contributed by atoms with van der Waals surface area (Å²) in [5.41, 5.74) is 7.74. The minimum Gasteiger partial charge on any atom is -0.349 e. The molecule has 0 aliphatic carbocycles. The first kappa shape index (κ1) is 10.1. The first-order valence-corrected chi connectivity index (χ1v) is 5.10. The fourth-order valence-electron chi connectivity index (χ4n) is 0.783. The number of nitrogens with zero attached hydrogens (tertiary/aromatic N) is 1. The van der Waals surface area contributed by atoms with Crippen molar-refractivity contribution in [3.8, 4) is 0 Å². The van der Waals surface area contributed by atoms with E-state index in [0.29, 0.717) is 12.2 Å². The second kappa shape index (κ2) is 4.94. The molecule has 13 heavy (non-hydrogen) atoms. The van der Waals surface area contributed by atoms with Crippen molar-refractivity contribution in [1.29, 1.82) is 0 Å². The number of aromatic nitrogens is 1. The van der Waals surface area contributed by atoms with Crippen molar-refractivity contribution in [2.24, 2.45) is 5.73 Å². The molecule has 0 saturated carbocycles. The zero-order chi connectivity index (χ0) is 9.68. The lowest BCUT2D eigenvalue weighted by atomic mass is 10.2. The van der Waals surface area contributed by atoms with E-state index < -0.39 is 0 Å². The highest BCUT2D eigenvalue weighted by molar-refractivity contribution is 7.07. The van der Waals surface area contributed by atoms with Crippen molar-refractivity contribution < 1.29 is 4.79 Å². The largest absolute Gasteiger partial charge is 0.349 e. The van der Waals surface area contributed by atoms with Gasteiger partial charge in [0, 0.05) is 18.0 Å². The van der Waals surface area contributed by atoms with Crippen LogP contribution in [0.15, 0.2) is 10.9 Å². The van der Waals surface area contributed by atoms with Crippen LogP contribution in [0.5, 0.6) is 0 Å². The predicted octanol–water partition coefficient (Wildman–Crippen LogP) is 0.610. The minimum absolute atomic E-state index is 0.0302. The number of rotatable bonds is 4. The molecule has 1 rings (SSSR count). The molecule has 0 radical (unpaired) electrons. The van der Waals surface area contributed by atoms with Crippen molar-refractivity contribution in [2.75, 3.05) is 6.54 Å². The van der Waals surface area contributed by atoms with Gasteiger partial charge in [-0.1, -0.05) is 6.92 Å². The maximum atomic E-state index is 11.3. The zero-order valence-corrected chi connectivity index (χ0v) is 8.30. The first-order valence-electron chi connectivity index (χ1n) is 4.16. The van der Waals surface area contributed by atoms with E-state index in [-0.39, 0.29) is 11.9 Å². The molecule has 4 nitrogen and oxygen atoms in total. The topological polar surface area (TPSA) is 68.0 Å². The number of thiazole rings is 1. The monoisotopic (exact) mass is 199 g/mol. The molecule has 0 saturated heterocycles. The maximum Gasteiger partial charge on any atom is 0.270 e. The van der Waals surface area contributed by atoms with Crippen LogP contribution in [0.1, 0.15) is 23.8 Å². The number of hydrogen-bond donors (Lipinski definition) is 2. The number of hydrogen-bond acceptors (Lipinski definition) is 4. The molecule has 0 fully saturated rings. The van der Waals surface area contributed by atoms with Crippen LogP contribution in [-0.4, -0.2) is 23.5 Å². The van der Waals surface area contributed by atoms with Gasteiger partial charge in [0.2, 0.25) is 0 Å². The zero-order valence-electron chi connectivity index (χ0n) is 7.49. The fourth-order valence-corrected chi connectivity index (χ4v) is 1.32. The Hall–Kier alpha value is -0.940. The highest BCUT2D eigenvalue weighted by Gasteiger charge is 2.07. The molecule has 0 aliphatic heterocycles. The van der Waals surface area contributed by atoms with Crippen molar-refractivity contribution >= 4 is 17.2 Å². The van der Waals surface area contributed by atoms with Gasteiger partial charge < -0.3 is 11.1 Å². The van der Waals surface area contributed by atoms with Crippen molar-refractivity contribution in [1.82, 2.24) is 10.3 Å². The number of nitrogens with one attached hydrogen (secondary N) is 1. The van der Waals surface area contributed by atoms with E-state index in [1.807, 2.05) is 6.92 Å². The van der Waals surface area contributed by atoms with Crippen LogP contribution in [-0.2, 0) is 0 Å². The lowest BCUT2D eigenvalue weighted by molar-refractivity contribution is 0.0946. The van der Waals surface area contributed by atoms with Gasteiger partial charge in [-0.3, -0.25) is 4.79 Å². The van der Waals surface area contributed by atoms with Crippen LogP contribution in [0, 0.1) is 0 Å². The molecular formula is C8H13N3OS. The second-order valence-corrected chi connectivity index (χ2v) is 3.47. The molecule has 1 aromatic heterocycles. The Kier molecular flexibility index (Phi) is 3.85. The van der Waals surface area contributed by atoms with E-state index in [2.05, 4.69) is 10.3 Å². The van der Waals surface area contributed by atoms with Crippen molar-refractivity contribution in [2.45, 2.75) is 19.4 Å². The second-order valence-electron chi connectivity index (χ2n) is 2.75. The van der Waals surface area contributed by atoms with E-state index in [1.165, 1.54) is 11.3 Å². The summed E-state index contributed by atoms with van der Waals surface area (Å²) in [5, 5.41) is 4.43. The lowest BCUT2D eigenvalue weighted by Gasteiger charge is -2.08. The van der Waals surface area contributed by atoms with Crippen LogP contribution in [0.3, 0.4) is 0 Å². The predicted molar refractivity (Wildman–Crippen MR) is 52.7 cm³/mol. The standard InChI is InChI=1S/C8H13N3OS/c1-2-6(9)3-10-8(12)7-4-13-5-11-7/h4-6H,2-3,9H2,1H3,(H,10,12). The number of carbonyl (C=O) groups excluding carboxylic acids is 1. The number of amides is 1. The molecule has 0 aliphatic rings. The van der Waals surface area contributed by atoms with Gasteiger partial charge in [0.05, 0.1) is 5.51 Å². The van der Waals surface area contributed by atoms with Gasteiger partial charge in [-0.05, 0) is 6.42 Å². The molecule has 3 N–H and O–H groups in total. The number of nitrogens with two attached hydrogens (primary N) is 1. The van der Waals surface area contributed by atoms with Crippen LogP contribution < -0.4 is 11.1 Å². The third-order valence-electron chi connectivity index (χ3n) is 1.71. The quantitative estimate of drug-likeness (QED) is 0.746. The number of carbonyl (C=O) groups is 1. The molecule has 1 aromatic rings. The summed E-state index contributed by atoms with van der Waals surface area (Å²) in [6.45, 7) is 2.49. The lowest BCUT2D eigenvalue weighted by Crippen LogP contribution is -2.36. The summed E-state index contributed by atoms with van der Waals surface area (Å²) in [7, 11) is 0. The van der Waals surface area contributed by atoms with Gasteiger partial charge in [0.25, 0.3) is 5.91 Å². The Bertz CT molecular complexity index is 260. The summed E-state index contributed by atoms with van der Waals surface area (Å²) in [6, 6.07) is 0.0302. The molecule has 5 heteroatoms. The molecular weight excluding hydrogens is 186 g/mol. The summed E-state index contributed by atoms with van der Waals surface area (Å²) in [5.74, 6) is -0.148. The Labute approximate surface area is 81.2 Å². The third kappa shape index (κ3) is 3.12. The average Bonchev–Trinajstić information content (AvgIpc) is 2.66. The summed E-state index contributed by atoms with van der Waals surface area (Å²) < 4.78 is 0. The molecule has 72 valence electrons. The van der Waals surface area contributed by atoms with Gasteiger partial charge in [-0.15, -0.1) is 11.3 Å². The van der Waals surface area contributed by atoms with Crippen molar-refractivity contribution in [3.05, 3.63) is 16.6 Å². The summed E-state index contributed by atoms with van der Waals surface area (Å²) in [6.07, 6.45) is 0.858. The van der Waals surface area contributed by atoms with Gasteiger partial charge >= 0.3 is 0 Å². The maximum absolute atomic E-state index is 11.3. The Morgan fingerprint density at radius 3 is 3.15 bits per heavy atom. The molecule has 1 amide bonds. The van der Waals surface area contributed by atoms with Crippen LogP contribution in [0.2, 0.25) is 0 Å². The summed E-state index contributed by atoms with van der Waals surface area (Å²) in [4.78, 5) is 15.2. The van der Waals surface area contributed by atoms with Crippen LogP contribution in [0.25, 0.3) is 0 Å². The smallest absolute Gasteiger partial charge is 0.270 e. The normalized spacial score (nSPS) is 12.5. The molecule has 1 heterocycles. The fraction of sp³-hybridized carbons (Fsp3) is 0.500. The van der Waals surface area contributed by atoms with Crippen LogP contribution >= 0.6 is 11.3 Å². The molecule has 0 aromatic carbocycles. The van der Waals surface area contributed by atoms with Gasteiger partial charge in [0.1, 0.15) is 5.69 Å². The van der Waals surface area contributed by atoms with Gasteiger partial charge in [-0.25, -0.2) is 4.98 Å². The SMILES string of the molecule is CCC(N)CNC(=O)c1cscn1. The molecule has 0 bridgehead atoms. The first-order chi connectivity index (χ1) is 6.24. The average molecular weight is 199 g/mol. The van der Waals surface area contributed by atoms with E-state index in [0.717, 1.165) is 6.42 Å². The van der Waals surface area contributed by atoms with Gasteiger partial charge in [-0.2, -0.15) is 0 Å². The summed E-state index contributed by atoms with van der Waals surface area (Å²) >= 11 is 1.40. The van der Waals surface area contributed by atoms with E-state index in [4.69, 9.17) is 5.73 Å².